The standard InChI is InChI=1S/C27H29F3N2O3/c1-14-17(5-2-6-20(14)28)23-24(26(34)19-12-16(33)7-8-21(19)29)25(30)18(9-10-31)22(27(23)35)15-4-3-11-32-13-15/h2,5-8,12,15,18,25,32-33,35H,3-4,9-11,13,31H2,1H3/t15?,18?,25-/m1/s1. The van der Waals surface area contributed by atoms with Crippen LogP contribution in [0, 0.1) is 30.4 Å². The van der Waals surface area contributed by atoms with Crippen LogP contribution < -0.4 is 11.1 Å². The Morgan fingerprint density at radius 1 is 1.17 bits per heavy atom. The number of aliphatic hydroxyl groups excluding tert-OH is 1. The largest absolute Gasteiger partial charge is 0.508 e. The van der Waals surface area contributed by atoms with Crippen LogP contribution in [-0.4, -0.2) is 41.8 Å². The first-order valence-corrected chi connectivity index (χ1v) is 11.8. The molecule has 1 aliphatic carbocycles. The fourth-order valence-electron chi connectivity index (χ4n) is 5.26. The highest BCUT2D eigenvalue weighted by molar-refractivity contribution is 6.16. The Hall–Kier alpha value is -3.10. The van der Waals surface area contributed by atoms with Crippen LogP contribution in [0.4, 0.5) is 13.2 Å². The van der Waals surface area contributed by atoms with Gasteiger partial charge < -0.3 is 21.3 Å². The molecule has 5 nitrogen and oxygen atoms in total. The molecule has 2 unspecified atom stereocenters. The lowest BCUT2D eigenvalue weighted by atomic mass is 9.70. The third-order valence-electron chi connectivity index (χ3n) is 7.00. The van der Waals surface area contributed by atoms with Gasteiger partial charge in [-0.3, -0.25) is 4.79 Å². The molecule has 0 spiro atoms. The predicted molar refractivity (Wildman–Crippen MR) is 128 cm³/mol. The number of ketones is 1. The van der Waals surface area contributed by atoms with Crippen LogP contribution in [0.2, 0.25) is 0 Å². The van der Waals surface area contributed by atoms with E-state index in [4.69, 9.17) is 5.73 Å². The molecule has 1 aliphatic heterocycles. The van der Waals surface area contributed by atoms with E-state index >= 15 is 4.39 Å². The van der Waals surface area contributed by atoms with Gasteiger partial charge in [-0.25, -0.2) is 13.2 Å². The molecule has 0 bridgehead atoms. The maximum atomic E-state index is 16.4. The molecule has 1 heterocycles. The summed E-state index contributed by atoms with van der Waals surface area (Å²) >= 11 is 0. The van der Waals surface area contributed by atoms with Crippen LogP contribution in [-0.2, 0) is 0 Å². The van der Waals surface area contributed by atoms with E-state index < -0.39 is 40.6 Å². The predicted octanol–water partition coefficient (Wildman–Crippen LogP) is 4.74. The fourth-order valence-corrected chi connectivity index (χ4v) is 5.26. The van der Waals surface area contributed by atoms with Crippen molar-refractivity contribution in [1.29, 1.82) is 0 Å². The summed E-state index contributed by atoms with van der Waals surface area (Å²) in [4.78, 5) is 13.6. The molecular weight excluding hydrogens is 457 g/mol. The number of nitrogens with two attached hydrogens (primary N) is 1. The molecule has 1 fully saturated rings. The van der Waals surface area contributed by atoms with Crippen molar-refractivity contribution >= 4 is 11.4 Å². The highest BCUT2D eigenvalue weighted by Crippen LogP contribution is 2.47. The molecule has 2 aliphatic rings. The highest BCUT2D eigenvalue weighted by Gasteiger charge is 2.44. The van der Waals surface area contributed by atoms with Crippen LogP contribution >= 0.6 is 0 Å². The summed E-state index contributed by atoms with van der Waals surface area (Å²) in [5.74, 6) is -4.29. The van der Waals surface area contributed by atoms with Crippen LogP contribution in [0.25, 0.3) is 5.57 Å². The zero-order chi connectivity index (χ0) is 25.3. The molecule has 35 heavy (non-hydrogen) atoms. The Balaban J connectivity index is 2.03. The number of aromatic hydroxyl groups is 1. The van der Waals surface area contributed by atoms with Crippen molar-refractivity contribution in [1.82, 2.24) is 5.32 Å². The molecule has 0 aromatic heterocycles. The number of piperidine rings is 1. The number of alkyl halides is 1. The summed E-state index contributed by atoms with van der Waals surface area (Å²) < 4.78 is 45.6. The summed E-state index contributed by atoms with van der Waals surface area (Å²) in [6.07, 6.45) is -0.226. The van der Waals surface area contributed by atoms with E-state index in [1.54, 1.807) is 0 Å². The van der Waals surface area contributed by atoms with E-state index in [9.17, 15) is 23.8 Å². The summed E-state index contributed by atoms with van der Waals surface area (Å²) in [5, 5.41) is 24.7. The zero-order valence-electron chi connectivity index (χ0n) is 19.5. The minimum absolute atomic E-state index is 0.109. The number of halogens is 3. The van der Waals surface area contributed by atoms with Crippen molar-refractivity contribution in [3.05, 3.63) is 81.6 Å². The van der Waals surface area contributed by atoms with E-state index in [1.165, 1.54) is 25.1 Å². The van der Waals surface area contributed by atoms with Gasteiger partial charge in [-0.2, -0.15) is 0 Å². The first kappa shape index (κ1) is 25.0. The highest BCUT2D eigenvalue weighted by atomic mass is 19.1. The molecule has 4 rings (SSSR count). The third-order valence-corrected chi connectivity index (χ3v) is 7.00. The number of benzene rings is 2. The van der Waals surface area contributed by atoms with Gasteiger partial charge in [-0.05, 0) is 86.2 Å². The summed E-state index contributed by atoms with van der Waals surface area (Å²) in [6.45, 7) is 2.91. The molecule has 186 valence electrons. The summed E-state index contributed by atoms with van der Waals surface area (Å²) in [7, 11) is 0. The molecule has 8 heteroatoms. The molecule has 0 saturated carbocycles. The monoisotopic (exact) mass is 486 g/mol. The van der Waals surface area contributed by atoms with E-state index in [2.05, 4.69) is 5.32 Å². The van der Waals surface area contributed by atoms with Gasteiger partial charge in [-0.1, -0.05) is 12.1 Å². The maximum absolute atomic E-state index is 16.4. The van der Waals surface area contributed by atoms with Gasteiger partial charge in [0.05, 0.1) is 5.56 Å². The summed E-state index contributed by atoms with van der Waals surface area (Å²) in [5.41, 5.74) is 5.38. The number of rotatable bonds is 6. The molecule has 5 N–H and O–H groups in total. The average molecular weight is 487 g/mol. The molecule has 1 saturated heterocycles. The Bertz CT molecular complexity index is 1200. The van der Waals surface area contributed by atoms with Gasteiger partial charge in [0.1, 0.15) is 29.3 Å². The van der Waals surface area contributed by atoms with Crippen molar-refractivity contribution in [2.45, 2.75) is 32.4 Å². The topological polar surface area (TPSA) is 95.6 Å². The number of allylic oxidation sites excluding steroid dienone is 2. The van der Waals surface area contributed by atoms with Crippen molar-refractivity contribution < 1.29 is 28.2 Å². The van der Waals surface area contributed by atoms with Gasteiger partial charge in [-0.15, -0.1) is 0 Å². The van der Waals surface area contributed by atoms with Crippen LogP contribution in [0.1, 0.15) is 40.7 Å². The lowest BCUT2D eigenvalue weighted by Crippen LogP contribution is -2.39. The minimum Gasteiger partial charge on any atom is -0.508 e. The molecule has 0 radical (unpaired) electrons. The van der Waals surface area contributed by atoms with Crippen molar-refractivity contribution in [3.63, 3.8) is 0 Å². The third kappa shape index (κ3) is 4.60. The lowest BCUT2D eigenvalue weighted by molar-refractivity contribution is 0.0994. The number of nitrogens with one attached hydrogen (secondary N) is 1. The van der Waals surface area contributed by atoms with Gasteiger partial charge in [0.15, 0.2) is 5.78 Å². The number of aliphatic hydroxyl groups is 1. The number of phenolic OH excluding ortho intramolecular Hbond substituents is 1. The Kier molecular flexibility index (Phi) is 7.33. The fraction of sp³-hybridized carbons (Fsp3) is 0.370. The quantitative estimate of drug-likeness (QED) is 0.443. The van der Waals surface area contributed by atoms with Gasteiger partial charge in [0, 0.05) is 23.6 Å². The Morgan fingerprint density at radius 2 is 1.94 bits per heavy atom. The second-order valence-electron chi connectivity index (χ2n) is 9.13. The van der Waals surface area contributed by atoms with Crippen molar-refractivity contribution in [3.8, 4) is 5.75 Å². The number of carbonyl (C=O) groups excluding carboxylic acids is 1. The molecule has 3 atom stereocenters. The van der Waals surface area contributed by atoms with Crippen LogP contribution in [0.3, 0.4) is 0 Å². The van der Waals surface area contributed by atoms with Crippen LogP contribution in [0.15, 0.2) is 53.3 Å². The average Bonchev–Trinajstić information content (AvgIpc) is 2.85. The second-order valence-corrected chi connectivity index (χ2v) is 9.13. The van der Waals surface area contributed by atoms with Crippen molar-refractivity contribution in [2.75, 3.05) is 19.6 Å². The second kappa shape index (κ2) is 10.3. The number of carbonyl (C=O) groups is 1. The minimum atomic E-state index is -1.92. The van der Waals surface area contributed by atoms with Gasteiger partial charge >= 0.3 is 0 Å². The van der Waals surface area contributed by atoms with Crippen LogP contribution in [0.5, 0.6) is 5.75 Å². The van der Waals surface area contributed by atoms with E-state index in [-0.39, 0.29) is 47.1 Å². The number of Topliss-reactive ketones (excluding diaryl/α,β-unsaturated/α-hetero) is 1. The number of hydrogen-bond donors (Lipinski definition) is 4. The summed E-state index contributed by atoms with van der Waals surface area (Å²) in [6, 6.07) is 7.06. The van der Waals surface area contributed by atoms with E-state index in [0.29, 0.717) is 18.5 Å². The van der Waals surface area contributed by atoms with Gasteiger partial charge in [0.2, 0.25) is 0 Å². The number of hydrogen-bond acceptors (Lipinski definition) is 5. The Morgan fingerprint density at radius 3 is 2.63 bits per heavy atom. The van der Waals surface area contributed by atoms with Crippen molar-refractivity contribution in [2.24, 2.45) is 17.6 Å². The van der Waals surface area contributed by atoms with Gasteiger partial charge in [0.25, 0.3) is 0 Å². The first-order chi connectivity index (χ1) is 16.8. The normalized spacial score (nSPS) is 23.1. The van der Waals surface area contributed by atoms with E-state index in [0.717, 1.165) is 31.2 Å². The smallest absolute Gasteiger partial charge is 0.195 e. The Labute approximate surface area is 202 Å². The number of phenols is 1. The first-order valence-electron chi connectivity index (χ1n) is 11.8. The molecule has 2 aromatic rings. The molecule has 0 amide bonds. The molecule has 2 aromatic carbocycles. The molecular formula is C27H29F3N2O3. The lowest BCUT2D eigenvalue weighted by Gasteiger charge is -2.38. The zero-order valence-corrected chi connectivity index (χ0v) is 19.5. The SMILES string of the molecule is Cc1c(F)cccc1C1=C(C(=O)c2cc(O)ccc2F)[C@H](F)C(CCN)C(C2CCCNC2)=C1O. The maximum Gasteiger partial charge on any atom is 0.195 e. The van der Waals surface area contributed by atoms with E-state index in [1.807, 2.05) is 0 Å².